The van der Waals surface area contributed by atoms with E-state index in [1.165, 1.54) is 12.1 Å². The minimum absolute atomic E-state index is 0.0909. The molecule has 20 heavy (non-hydrogen) atoms. The van der Waals surface area contributed by atoms with E-state index in [4.69, 9.17) is 11.6 Å². The summed E-state index contributed by atoms with van der Waals surface area (Å²) in [7, 11) is 0. The van der Waals surface area contributed by atoms with E-state index in [9.17, 15) is 18.0 Å². The molecule has 0 heterocycles. The summed E-state index contributed by atoms with van der Waals surface area (Å²) in [4.78, 5) is 11.6. The predicted molar refractivity (Wildman–Crippen MR) is 72.7 cm³/mol. The fourth-order valence-corrected chi connectivity index (χ4v) is 1.87. The van der Waals surface area contributed by atoms with E-state index in [0.29, 0.717) is 18.0 Å². The average molecular weight is 308 g/mol. The molecule has 1 N–H and O–H groups in total. The number of rotatable bonds is 7. The SMILES string of the molecule is O=C(Cc1ccc(C(F)(F)F)cc1)NCCCCCCl. The number of carbonyl (C=O) groups excluding carboxylic acids is 1. The lowest BCUT2D eigenvalue weighted by Gasteiger charge is -2.08. The van der Waals surface area contributed by atoms with Gasteiger partial charge in [-0.25, -0.2) is 0 Å². The maximum absolute atomic E-state index is 12.4. The van der Waals surface area contributed by atoms with Crippen LogP contribution in [0.15, 0.2) is 24.3 Å². The molecule has 0 atom stereocenters. The lowest BCUT2D eigenvalue weighted by molar-refractivity contribution is -0.137. The molecule has 0 unspecified atom stereocenters. The second kappa shape index (κ2) is 8.15. The minimum Gasteiger partial charge on any atom is -0.356 e. The zero-order chi connectivity index (χ0) is 15.0. The van der Waals surface area contributed by atoms with Crippen LogP contribution in [0.1, 0.15) is 30.4 Å². The van der Waals surface area contributed by atoms with Crippen molar-refractivity contribution in [2.45, 2.75) is 31.9 Å². The van der Waals surface area contributed by atoms with Gasteiger partial charge in [0.15, 0.2) is 0 Å². The van der Waals surface area contributed by atoms with E-state index in [-0.39, 0.29) is 12.3 Å². The molecule has 1 aromatic rings. The van der Waals surface area contributed by atoms with Crippen LogP contribution >= 0.6 is 11.6 Å². The Bertz CT molecular complexity index is 417. The van der Waals surface area contributed by atoms with Crippen LogP contribution in [-0.2, 0) is 17.4 Å². The van der Waals surface area contributed by atoms with Gasteiger partial charge < -0.3 is 5.32 Å². The fraction of sp³-hybridized carbons (Fsp3) is 0.500. The Morgan fingerprint density at radius 1 is 1.10 bits per heavy atom. The first-order valence-electron chi connectivity index (χ1n) is 6.42. The Morgan fingerprint density at radius 3 is 2.30 bits per heavy atom. The average Bonchev–Trinajstić information content (AvgIpc) is 2.38. The molecule has 0 aromatic heterocycles. The second-order valence-corrected chi connectivity index (χ2v) is 4.85. The Balaban J connectivity index is 2.35. The molecular formula is C14H17ClF3NO. The Labute approximate surface area is 121 Å². The first-order chi connectivity index (χ1) is 9.43. The van der Waals surface area contributed by atoms with E-state index in [1.807, 2.05) is 0 Å². The van der Waals surface area contributed by atoms with Crippen molar-refractivity contribution >= 4 is 17.5 Å². The molecule has 0 radical (unpaired) electrons. The van der Waals surface area contributed by atoms with Crippen LogP contribution in [0.25, 0.3) is 0 Å². The van der Waals surface area contributed by atoms with Gasteiger partial charge in [0.25, 0.3) is 0 Å². The standard InChI is InChI=1S/C14H17ClF3NO/c15-8-2-1-3-9-19-13(20)10-11-4-6-12(7-5-11)14(16,17)18/h4-7H,1-3,8-10H2,(H,19,20). The van der Waals surface area contributed by atoms with Crippen molar-refractivity contribution in [3.8, 4) is 0 Å². The van der Waals surface area contributed by atoms with Crippen LogP contribution < -0.4 is 5.32 Å². The maximum atomic E-state index is 12.4. The summed E-state index contributed by atoms with van der Waals surface area (Å²) in [6.07, 6.45) is -1.54. The predicted octanol–water partition coefficient (Wildman–Crippen LogP) is 3.77. The van der Waals surface area contributed by atoms with Gasteiger partial charge in [-0.1, -0.05) is 18.6 Å². The molecule has 1 amide bonds. The Kier molecular flexibility index (Phi) is 6.85. The highest BCUT2D eigenvalue weighted by Crippen LogP contribution is 2.29. The van der Waals surface area contributed by atoms with Crippen molar-refractivity contribution in [2.24, 2.45) is 0 Å². The quantitative estimate of drug-likeness (QED) is 0.603. The summed E-state index contributed by atoms with van der Waals surface area (Å²) in [5.74, 6) is 0.426. The third-order valence-electron chi connectivity index (χ3n) is 2.78. The number of hydrogen-bond acceptors (Lipinski definition) is 1. The molecule has 1 rings (SSSR count). The van der Waals surface area contributed by atoms with Gasteiger partial charge in [0, 0.05) is 12.4 Å². The van der Waals surface area contributed by atoms with E-state index in [0.717, 1.165) is 31.4 Å². The third kappa shape index (κ3) is 6.28. The van der Waals surface area contributed by atoms with Crippen LogP contribution in [0.2, 0.25) is 0 Å². The molecule has 0 bridgehead atoms. The molecule has 0 aliphatic heterocycles. The highest BCUT2D eigenvalue weighted by molar-refractivity contribution is 6.17. The summed E-state index contributed by atoms with van der Waals surface area (Å²) >= 11 is 5.53. The lowest BCUT2D eigenvalue weighted by Crippen LogP contribution is -2.26. The highest BCUT2D eigenvalue weighted by Gasteiger charge is 2.29. The molecule has 2 nitrogen and oxygen atoms in total. The lowest BCUT2D eigenvalue weighted by atomic mass is 10.1. The van der Waals surface area contributed by atoms with Crippen LogP contribution in [0.3, 0.4) is 0 Å². The topological polar surface area (TPSA) is 29.1 Å². The number of benzene rings is 1. The number of unbranched alkanes of at least 4 members (excludes halogenated alkanes) is 2. The van der Waals surface area contributed by atoms with Crippen LogP contribution in [0.4, 0.5) is 13.2 Å². The van der Waals surface area contributed by atoms with E-state index in [1.54, 1.807) is 0 Å². The van der Waals surface area contributed by atoms with Gasteiger partial charge in [0.2, 0.25) is 5.91 Å². The number of amides is 1. The van der Waals surface area contributed by atoms with Crippen molar-refractivity contribution < 1.29 is 18.0 Å². The largest absolute Gasteiger partial charge is 0.416 e. The van der Waals surface area contributed by atoms with Crippen LogP contribution in [-0.4, -0.2) is 18.3 Å². The normalized spacial score (nSPS) is 11.4. The van der Waals surface area contributed by atoms with Gasteiger partial charge in [-0.3, -0.25) is 4.79 Å². The monoisotopic (exact) mass is 307 g/mol. The zero-order valence-corrected chi connectivity index (χ0v) is 11.7. The van der Waals surface area contributed by atoms with E-state index >= 15 is 0 Å². The van der Waals surface area contributed by atoms with Crippen LogP contribution in [0, 0.1) is 0 Å². The summed E-state index contributed by atoms with van der Waals surface area (Å²) in [5.41, 5.74) is -0.140. The summed E-state index contributed by atoms with van der Waals surface area (Å²) in [5, 5.41) is 2.73. The number of halogens is 4. The number of carbonyl (C=O) groups is 1. The highest BCUT2D eigenvalue weighted by atomic mass is 35.5. The molecule has 0 fully saturated rings. The molecule has 0 spiro atoms. The Morgan fingerprint density at radius 2 is 1.75 bits per heavy atom. The summed E-state index contributed by atoms with van der Waals surface area (Å²) < 4.78 is 37.1. The molecule has 0 aliphatic rings. The zero-order valence-electron chi connectivity index (χ0n) is 11.0. The third-order valence-corrected chi connectivity index (χ3v) is 3.05. The number of alkyl halides is 4. The first kappa shape index (κ1) is 16.8. The van der Waals surface area contributed by atoms with E-state index in [2.05, 4.69) is 5.32 Å². The minimum atomic E-state index is -4.34. The van der Waals surface area contributed by atoms with Crippen LogP contribution in [0.5, 0.6) is 0 Å². The van der Waals surface area contributed by atoms with Crippen molar-refractivity contribution in [1.29, 1.82) is 0 Å². The second-order valence-electron chi connectivity index (χ2n) is 4.47. The van der Waals surface area contributed by atoms with Crippen molar-refractivity contribution in [2.75, 3.05) is 12.4 Å². The summed E-state index contributed by atoms with van der Waals surface area (Å²) in [6.45, 7) is 0.566. The molecule has 6 heteroatoms. The molecule has 0 saturated carbocycles. The molecule has 1 aromatic carbocycles. The smallest absolute Gasteiger partial charge is 0.356 e. The first-order valence-corrected chi connectivity index (χ1v) is 6.95. The van der Waals surface area contributed by atoms with Gasteiger partial charge >= 0.3 is 6.18 Å². The van der Waals surface area contributed by atoms with Crippen molar-refractivity contribution in [3.05, 3.63) is 35.4 Å². The molecule has 112 valence electrons. The Hall–Kier alpha value is -1.23. The van der Waals surface area contributed by atoms with Crippen molar-refractivity contribution in [3.63, 3.8) is 0 Å². The maximum Gasteiger partial charge on any atom is 0.416 e. The van der Waals surface area contributed by atoms with Gasteiger partial charge in [0.05, 0.1) is 12.0 Å². The summed E-state index contributed by atoms with van der Waals surface area (Å²) in [6, 6.07) is 4.64. The van der Waals surface area contributed by atoms with Gasteiger partial charge in [-0.2, -0.15) is 13.2 Å². The van der Waals surface area contributed by atoms with Gasteiger partial charge in [0.1, 0.15) is 0 Å². The number of hydrogen-bond donors (Lipinski definition) is 1. The molecular weight excluding hydrogens is 291 g/mol. The molecule has 0 aliphatic carbocycles. The van der Waals surface area contributed by atoms with E-state index < -0.39 is 11.7 Å². The fourth-order valence-electron chi connectivity index (χ4n) is 1.68. The van der Waals surface area contributed by atoms with Gasteiger partial charge in [-0.05, 0) is 30.5 Å². The van der Waals surface area contributed by atoms with Crippen molar-refractivity contribution in [1.82, 2.24) is 5.32 Å². The van der Waals surface area contributed by atoms with Gasteiger partial charge in [-0.15, -0.1) is 11.6 Å². The molecule has 0 saturated heterocycles. The number of nitrogens with one attached hydrogen (secondary N) is 1.